The first-order valence-corrected chi connectivity index (χ1v) is 15.6. The van der Waals surface area contributed by atoms with Crippen LogP contribution in [0.2, 0.25) is 0 Å². The number of sulfonamides is 1. The van der Waals surface area contributed by atoms with Crippen molar-refractivity contribution in [3.8, 4) is 0 Å². The number of halogens is 1. The Balaban J connectivity index is 1.65. The number of carbonyl (C=O) groups excluding carboxylic acids is 2. The maximum Gasteiger partial charge on any atom is 0.309 e. The molecule has 1 atom stereocenters. The first-order valence-electron chi connectivity index (χ1n) is 13.6. The molecule has 0 saturated carbocycles. The zero-order valence-electron chi connectivity index (χ0n) is 22.8. The molecule has 0 aromatic heterocycles. The van der Waals surface area contributed by atoms with Gasteiger partial charge < -0.3 is 15.0 Å². The maximum atomic E-state index is 14.0. The number of ether oxygens (including phenoxy) is 1. The molecule has 1 fully saturated rings. The Labute approximate surface area is 236 Å². The lowest BCUT2D eigenvalue weighted by Crippen LogP contribution is -2.39. The molecule has 212 valence electrons. The third-order valence-corrected chi connectivity index (χ3v) is 9.75. The molecule has 0 bridgehead atoms. The third-order valence-electron chi connectivity index (χ3n) is 7.58. The molecule has 10 heteroatoms. The number of amides is 1. The van der Waals surface area contributed by atoms with Gasteiger partial charge in [0, 0.05) is 30.7 Å². The Kier molecular flexibility index (Phi) is 9.24. The van der Waals surface area contributed by atoms with Gasteiger partial charge in [0.2, 0.25) is 15.9 Å². The highest BCUT2D eigenvalue weighted by Gasteiger charge is 2.33. The summed E-state index contributed by atoms with van der Waals surface area (Å²) >= 11 is 5.98. The van der Waals surface area contributed by atoms with Crippen molar-refractivity contribution in [1.82, 2.24) is 4.72 Å². The SMILES string of the molecule is CCOC(=O)C1CCN(c2ccc(NC(=O)C(C)(C)CCl)cc2S(=O)(=O)NC2CCCc3ccccc32)CC1. The fraction of sp³-hybridized carbons (Fsp3) is 0.517. The molecule has 2 aromatic carbocycles. The quantitative estimate of drug-likeness (QED) is 0.321. The molecule has 2 aromatic rings. The van der Waals surface area contributed by atoms with E-state index in [9.17, 15) is 18.0 Å². The van der Waals surface area contributed by atoms with Crippen molar-refractivity contribution in [2.75, 3.05) is 35.8 Å². The lowest BCUT2D eigenvalue weighted by molar-refractivity contribution is -0.148. The van der Waals surface area contributed by atoms with Crippen LogP contribution in [0.3, 0.4) is 0 Å². The average molecular weight is 576 g/mol. The van der Waals surface area contributed by atoms with E-state index in [0.717, 1.165) is 24.0 Å². The summed E-state index contributed by atoms with van der Waals surface area (Å²) in [5.41, 5.74) is 2.26. The summed E-state index contributed by atoms with van der Waals surface area (Å²) in [6, 6.07) is 12.6. The highest BCUT2D eigenvalue weighted by atomic mass is 35.5. The standard InChI is InChI=1S/C29H38ClN3O5S/c1-4-38-27(34)21-14-16-33(17-15-21)25-13-12-22(31-28(35)29(2,3)19-30)18-26(25)39(36,37)32-24-11-7-9-20-8-5-6-10-23(20)24/h5-6,8,10,12-13,18,21,24,32H,4,7,9,11,14-17,19H2,1-3H3,(H,31,35). The normalized spacial score (nSPS) is 18.4. The van der Waals surface area contributed by atoms with Crippen molar-refractivity contribution >= 4 is 44.9 Å². The number of aryl methyl sites for hydroxylation is 1. The molecule has 4 rings (SSSR count). The van der Waals surface area contributed by atoms with E-state index < -0.39 is 15.4 Å². The third kappa shape index (κ3) is 6.76. The van der Waals surface area contributed by atoms with E-state index in [-0.39, 0.29) is 34.6 Å². The van der Waals surface area contributed by atoms with Crippen molar-refractivity contribution in [2.24, 2.45) is 11.3 Å². The number of carbonyl (C=O) groups is 2. The number of benzene rings is 2. The molecule has 1 aliphatic heterocycles. The number of nitrogens with zero attached hydrogens (tertiary/aromatic N) is 1. The monoisotopic (exact) mass is 575 g/mol. The fourth-order valence-corrected chi connectivity index (χ4v) is 6.79. The van der Waals surface area contributed by atoms with Crippen LogP contribution in [-0.2, 0) is 30.8 Å². The first-order chi connectivity index (χ1) is 18.6. The summed E-state index contributed by atoms with van der Waals surface area (Å²) < 4.78 is 36.1. The molecule has 1 aliphatic carbocycles. The summed E-state index contributed by atoms with van der Waals surface area (Å²) in [6.45, 7) is 6.63. The van der Waals surface area contributed by atoms with Gasteiger partial charge in [0.1, 0.15) is 4.90 Å². The summed E-state index contributed by atoms with van der Waals surface area (Å²) in [5, 5.41) is 2.84. The largest absolute Gasteiger partial charge is 0.466 e. The van der Waals surface area contributed by atoms with E-state index in [2.05, 4.69) is 10.0 Å². The van der Waals surface area contributed by atoms with Crippen LogP contribution in [0.4, 0.5) is 11.4 Å². The van der Waals surface area contributed by atoms with Gasteiger partial charge in [-0.25, -0.2) is 13.1 Å². The molecule has 0 spiro atoms. The van der Waals surface area contributed by atoms with Gasteiger partial charge in [0.15, 0.2) is 0 Å². The van der Waals surface area contributed by atoms with Gasteiger partial charge in [-0.2, -0.15) is 0 Å². The highest BCUT2D eigenvalue weighted by molar-refractivity contribution is 7.89. The Morgan fingerprint density at radius 1 is 1.10 bits per heavy atom. The molecule has 1 amide bonds. The van der Waals surface area contributed by atoms with Crippen LogP contribution < -0.4 is 14.9 Å². The van der Waals surface area contributed by atoms with Crippen molar-refractivity contribution in [1.29, 1.82) is 0 Å². The van der Waals surface area contributed by atoms with E-state index in [1.165, 1.54) is 6.07 Å². The molecule has 2 aliphatic rings. The second-order valence-electron chi connectivity index (χ2n) is 10.9. The van der Waals surface area contributed by atoms with Crippen LogP contribution in [0.25, 0.3) is 0 Å². The van der Waals surface area contributed by atoms with Crippen LogP contribution in [0.5, 0.6) is 0 Å². The number of rotatable bonds is 9. The lowest BCUT2D eigenvalue weighted by Gasteiger charge is -2.34. The van der Waals surface area contributed by atoms with Crippen molar-refractivity contribution in [3.63, 3.8) is 0 Å². The van der Waals surface area contributed by atoms with Gasteiger partial charge in [-0.15, -0.1) is 11.6 Å². The molecule has 39 heavy (non-hydrogen) atoms. The number of alkyl halides is 1. The van der Waals surface area contributed by atoms with E-state index in [1.807, 2.05) is 29.2 Å². The van der Waals surface area contributed by atoms with Gasteiger partial charge >= 0.3 is 5.97 Å². The summed E-state index contributed by atoms with van der Waals surface area (Å²) in [5.74, 6) is -0.574. The van der Waals surface area contributed by atoms with Crippen molar-refractivity contribution < 1.29 is 22.7 Å². The second kappa shape index (κ2) is 12.3. The zero-order valence-corrected chi connectivity index (χ0v) is 24.4. The zero-order chi connectivity index (χ0) is 28.2. The lowest BCUT2D eigenvalue weighted by atomic mass is 9.88. The van der Waals surface area contributed by atoms with E-state index >= 15 is 0 Å². The molecular formula is C29H38ClN3O5S. The van der Waals surface area contributed by atoms with Gasteiger partial charge in [0.05, 0.1) is 23.6 Å². The fourth-order valence-electron chi connectivity index (χ4n) is 5.17. The first kappa shape index (κ1) is 29.4. The predicted octanol–water partition coefficient (Wildman–Crippen LogP) is 5.03. The maximum absolute atomic E-state index is 14.0. The number of anilines is 2. The Bertz CT molecular complexity index is 1310. The van der Waals surface area contributed by atoms with Gasteiger partial charge in [-0.05, 0) is 82.2 Å². The number of fused-ring (bicyclic) bond motifs is 1. The molecule has 1 saturated heterocycles. The average Bonchev–Trinajstić information content (AvgIpc) is 2.93. The minimum Gasteiger partial charge on any atom is -0.466 e. The van der Waals surface area contributed by atoms with E-state index in [1.54, 1.807) is 32.9 Å². The number of piperidine rings is 1. The van der Waals surface area contributed by atoms with Crippen LogP contribution in [0.1, 0.15) is 63.6 Å². The number of hydrogen-bond donors (Lipinski definition) is 2. The Morgan fingerprint density at radius 3 is 2.51 bits per heavy atom. The summed E-state index contributed by atoms with van der Waals surface area (Å²) in [4.78, 5) is 27.1. The molecule has 1 heterocycles. The second-order valence-corrected chi connectivity index (χ2v) is 12.9. The highest BCUT2D eigenvalue weighted by Crippen LogP contribution is 2.36. The molecule has 8 nitrogen and oxygen atoms in total. The van der Waals surface area contributed by atoms with Gasteiger partial charge in [-0.3, -0.25) is 9.59 Å². The van der Waals surface area contributed by atoms with E-state index in [0.29, 0.717) is 50.3 Å². The molecular weight excluding hydrogens is 538 g/mol. The minimum atomic E-state index is -3.98. The topological polar surface area (TPSA) is 105 Å². The van der Waals surface area contributed by atoms with Gasteiger partial charge in [-0.1, -0.05) is 24.3 Å². The number of esters is 1. The van der Waals surface area contributed by atoms with Crippen molar-refractivity contribution in [2.45, 2.75) is 63.8 Å². The number of nitrogens with one attached hydrogen (secondary N) is 2. The van der Waals surface area contributed by atoms with Crippen molar-refractivity contribution in [3.05, 3.63) is 53.6 Å². The van der Waals surface area contributed by atoms with Gasteiger partial charge in [0.25, 0.3) is 0 Å². The van der Waals surface area contributed by atoms with E-state index in [4.69, 9.17) is 16.3 Å². The minimum absolute atomic E-state index is 0.0987. The summed E-state index contributed by atoms with van der Waals surface area (Å²) in [6.07, 6.45) is 3.67. The van der Waals surface area contributed by atoms with Crippen LogP contribution in [0, 0.1) is 11.3 Å². The Morgan fingerprint density at radius 2 is 1.82 bits per heavy atom. The van der Waals surface area contributed by atoms with Crippen LogP contribution >= 0.6 is 11.6 Å². The molecule has 1 unspecified atom stereocenters. The number of hydrogen-bond acceptors (Lipinski definition) is 6. The predicted molar refractivity (Wildman–Crippen MR) is 154 cm³/mol. The molecule has 2 N–H and O–H groups in total. The summed E-state index contributed by atoms with van der Waals surface area (Å²) in [7, 11) is -3.98. The van der Waals surface area contributed by atoms with Crippen LogP contribution in [-0.4, -0.2) is 45.9 Å². The molecule has 0 radical (unpaired) electrons. The Hall–Kier alpha value is -2.62. The smallest absolute Gasteiger partial charge is 0.309 e. The van der Waals surface area contributed by atoms with Crippen LogP contribution in [0.15, 0.2) is 47.4 Å².